The molecular formula is C15H17ClN4O3. The number of furan rings is 1. The average Bonchev–Trinajstić information content (AvgIpc) is 3.00. The number of halogens is 1. The summed E-state index contributed by atoms with van der Waals surface area (Å²) in [5.41, 5.74) is 5.69. The summed E-state index contributed by atoms with van der Waals surface area (Å²) in [7, 11) is 0. The molecule has 1 fully saturated rings. The number of primary amides is 1. The standard InChI is InChI=1S/C15H17ClN4O3/c16-14-19-11(12-5-2-6-22-12)8-13(20-14)18-9-3-1-4-10(7-9)23-15(17)21/h2,5-6,8-10H,1,3-4,7H2,(H2,17,21)(H,18,19,20). The minimum atomic E-state index is -0.735. The van der Waals surface area contributed by atoms with Crippen LogP contribution >= 0.6 is 11.6 Å². The molecule has 8 heteroatoms. The minimum absolute atomic E-state index is 0.128. The van der Waals surface area contributed by atoms with Crippen molar-refractivity contribution in [2.75, 3.05) is 5.32 Å². The number of hydrogen-bond acceptors (Lipinski definition) is 6. The molecule has 7 nitrogen and oxygen atoms in total. The molecule has 1 amide bonds. The van der Waals surface area contributed by atoms with Crippen molar-refractivity contribution < 1.29 is 13.9 Å². The number of ether oxygens (including phenoxy) is 1. The van der Waals surface area contributed by atoms with Crippen LogP contribution in [0.25, 0.3) is 11.5 Å². The molecule has 0 aromatic carbocycles. The molecule has 0 radical (unpaired) electrons. The van der Waals surface area contributed by atoms with E-state index in [1.165, 1.54) is 0 Å². The summed E-state index contributed by atoms with van der Waals surface area (Å²) in [4.78, 5) is 19.2. The quantitative estimate of drug-likeness (QED) is 0.831. The van der Waals surface area contributed by atoms with Gasteiger partial charge in [0.15, 0.2) is 5.76 Å². The van der Waals surface area contributed by atoms with Gasteiger partial charge in [-0.25, -0.2) is 14.8 Å². The molecule has 2 unspecified atom stereocenters. The van der Waals surface area contributed by atoms with Gasteiger partial charge < -0.3 is 20.2 Å². The van der Waals surface area contributed by atoms with Crippen LogP contribution in [0.2, 0.25) is 5.28 Å². The molecule has 1 aliphatic rings. The Morgan fingerprint density at radius 1 is 1.43 bits per heavy atom. The summed E-state index contributed by atoms with van der Waals surface area (Å²) < 4.78 is 10.4. The predicted molar refractivity (Wildman–Crippen MR) is 85.1 cm³/mol. The Balaban J connectivity index is 1.71. The summed E-state index contributed by atoms with van der Waals surface area (Å²) in [5.74, 6) is 1.23. The Bertz CT molecular complexity index is 677. The Morgan fingerprint density at radius 2 is 2.30 bits per heavy atom. The van der Waals surface area contributed by atoms with Crippen LogP contribution in [-0.2, 0) is 4.74 Å². The highest BCUT2D eigenvalue weighted by Gasteiger charge is 2.24. The van der Waals surface area contributed by atoms with Gasteiger partial charge in [0.05, 0.1) is 6.26 Å². The van der Waals surface area contributed by atoms with E-state index in [-0.39, 0.29) is 17.4 Å². The highest BCUT2D eigenvalue weighted by Crippen LogP contribution is 2.26. The van der Waals surface area contributed by atoms with Crippen molar-refractivity contribution in [3.05, 3.63) is 29.7 Å². The predicted octanol–water partition coefficient (Wildman–Crippen LogP) is 3.21. The van der Waals surface area contributed by atoms with E-state index in [9.17, 15) is 4.79 Å². The lowest BCUT2D eigenvalue weighted by Gasteiger charge is -2.29. The fourth-order valence-electron chi connectivity index (χ4n) is 2.80. The van der Waals surface area contributed by atoms with E-state index in [0.717, 1.165) is 19.3 Å². The molecule has 3 N–H and O–H groups in total. The summed E-state index contributed by atoms with van der Waals surface area (Å²) in [6.07, 6.45) is 4.08. The Morgan fingerprint density at radius 3 is 3.04 bits per heavy atom. The maximum absolute atomic E-state index is 10.9. The highest BCUT2D eigenvalue weighted by atomic mass is 35.5. The van der Waals surface area contributed by atoms with Gasteiger partial charge >= 0.3 is 6.09 Å². The number of carbonyl (C=O) groups is 1. The second kappa shape index (κ2) is 6.87. The van der Waals surface area contributed by atoms with Crippen LogP contribution in [-0.4, -0.2) is 28.2 Å². The first kappa shape index (κ1) is 15.6. The van der Waals surface area contributed by atoms with Crippen molar-refractivity contribution in [2.24, 2.45) is 5.73 Å². The van der Waals surface area contributed by atoms with Crippen molar-refractivity contribution >= 4 is 23.5 Å². The van der Waals surface area contributed by atoms with E-state index in [0.29, 0.717) is 23.7 Å². The van der Waals surface area contributed by atoms with E-state index in [2.05, 4.69) is 15.3 Å². The number of rotatable bonds is 4. The summed E-state index contributed by atoms with van der Waals surface area (Å²) >= 11 is 5.99. The number of carbonyl (C=O) groups excluding carboxylic acids is 1. The fraction of sp³-hybridized carbons (Fsp3) is 0.400. The van der Waals surface area contributed by atoms with Crippen molar-refractivity contribution in [1.29, 1.82) is 0 Å². The van der Waals surface area contributed by atoms with Crippen molar-refractivity contribution in [1.82, 2.24) is 9.97 Å². The van der Waals surface area contributed by atoms with Gasteiger partial charge in [-0.1, -0.05) is 0 Å². The highest BCUT2D eigenvalue weighted by molar-refractivity contribution is 6.28. The largest absolute Gasteiger partial charge is 0.463 e. The first-order valence-electron chi connectivity index (χ1n) is 7.41. The number of nitrogens with two attached hydrogens (primary N) is 1. The molecular weight excluding hydrogens is 320 g/mol. The molecule has 0 spiro atoms. The monoisotopic (exact) mass is 336 g/mol. The summed E-state index contributed by atoms with van der Waals surface area (Å²) in [5, 5.41) is 3.46. The van der Waals surface area contributed by atoms with Crippen LogP contribution < -0.4 is 11.1 Å². The lowest BCUT2D eigenvalue weighted by atomic mass is 9.93. The average molecular weight is 337 g/mol. The first-order valence-corrected chi connectivity index (χ1v) is 7.79. The number of anilines is 1. The van der Waals surface area contributed by atoms with Gasteiger partial charge in [-0.15, -0.1) is 0 Å². The minimum Gasteiger partial charge on any atom is -0.463 e. The third-order valence-corrected chi connectivity index (χ3v) is 3.90. The lowest BCUT2D eigenvalue weighted by Crippen LogP contribution is -2.34. The van der Waals surface area contributed by atoms with Gasteiger partial charge in [-0.05, 0) is 43.0 Å². The molecule has 23 heavy (non-hydrogen) atoms. The zero-order valence-electron chi connectivity index (χ0n) is 12.4. The van der Waals surface area contributed by atoms with E-state index < -0.39 is 6.09 Å². The molecule has 2 heterocycles. The van der Waals surface area contributed by atoms with Crippen LogP contribution in [0.4, 0.5) is 10.6 Å². The summed E-state index contributed by atoms with van der Waals surface area (Å²) in [6.45, 7) is 0. The maximum Gasteiger partial charge on any atom is 0.404 e. The molecule has 0 aliphatic heterocycles. The molecule has 1 saturated carbocycles. The Hall–Kier alpha value is -2.28. The number of aromatic nitrogens is 2. The third-order valence-electron chi connectivity index (χ3n) is 3.73. The summed E-state index contributed by atoms with van der Waals surface area (Å²) in [6, 6.07) is 5.50. The topological polar surface area (TPSA) is 103 Å². The van der Waals surface area contributed by atoms with Crippen LogP contribution in [0.3, 0.4) is 0 Å². The van der Waals surface area contributed by atoms with Gasteiger partial charge in [0.2, 0.25) is 5.28 Å². The Labute approximate surface area is 138 Å². The van der Waals surface area contributed by atoms with Gasteiger partial charge in [0.25, 0.3) is 0 Å². The van der Waals surface area contributed by atoms with Crippen molar-refractivity contribution in [2.45, 2.75) is 37.8 Å². The SMILES string of the molecule is NC(=O)OC1CCCC(Nc2cc(-c3ccco3)nc(Cl)n2)C1. The van der Waals surface area contributed by atoms with Crippen LogP contribution in [0.15, 0.2) is 28.9 Å². The van der Waals surface area contributed by atoms with E-state index >= 15 is 0 Å². The van der Waals surface area contributed by atoms with E-state index in [1.54, 1.807) is 24.5 Å². The Kier molecular flexibility index (Phi) is 4.66. The zero-order chi connectivity index (χ0) is 16.2. The van der Waals surface area contributed by atoms with Gasteiger partial charge in [-0.2, -0.15) is 0 Å². The first-order chi connectivity index (χ1) is 11.1. The molecule has 0 bridgehead atoms. The molecule has 2 aromatic rings. The second-order valence-electron chi connectivity index (χ2n) is 5.45. The molecule has 3 rings (SSSR count). The van der Waals surface area contributed by atoms with E-state index in [1.807, 2.05) is 0 Å². The lowest BCUT2D eigenvalue weighted by molar-refractivity contribution is 0.0796. The molecule has 2 aromatic heterocycles. The maximum atomic E-state index is 10.9. The third kappa shape index (κ3) is 4.13. The number of nitrogens with zero attached hydrogens (tertiary/aromatic N) is 2. The zero-order valence-corrected chi connectivity index (χ0v) is 13.1. The van der Waals surface area contributed by atoms with Crippen molar-refractivity contribution in [3.63, 3.8) is 0 Å². The fourth-order valence-corrected chi connectivity index (χ4v) is 2.98. The number of amides is 1. The van der Waals surface area contributed by atoms with Crippen LogP contribution in [0.1, 0.15) is 25.7 Å². The number of hydrogen-bond donors (Lipinski definition) is 2. The normalized spacial score (nSPS) is 20.9. The van der Waals surface area contributed by atoms with Crippen molar-refractivity contribution in [3.8, 4) is 11.5 Å². The van der Waals surface area contributed by atoms with Gasteiger partial charge in [0, 0.05) is 18.5 Å². The van der Waals surface area contributed by atoms with Gasteiger partial charge in [-0.3, -0.25) is 0 Å². The molecule has 122 valence electrons. The van der Waals surface area contributed by atoms with E-state index in [4.69, 9.17) is 26.5 Å². The smallest absolute Gasteiger partial charge is 0.404 e. The molecule has 1 aliphatic carbocycles. The number of nitrogens with one attached hydrogen (secondary N) is 1. The molecule has 2 atom stereocenters. The van der Waals surface area contributed by atoms with Gasteiger partial charge in [0.1, 0.15) is 17.6 Å². The molecule has 0 saturated heterocycles. The second-order valence-corrected chi connectivity index (χ2v) is 5.79. The van der Waals surface area contributed by atoms with Crippen LogP contribution in [0.5, 0.6) is 0 Å². The van der Waals surface area contributed by atoms with Crippen LogP contribution in [0, 0.1) is 0 Å².